The second kappa shape index (κ2) is 6.84. The normalized spacial score (nSPS) is 12.1. The van der Waals surface area contributed by atoms with E-state index in [0.29, 0.717) is 12.8 Å². The molecule has 0 aliphatic heterocycles. The molecule has 0 heterocycles. The number of hydrogen-bond acceptors (Lipinski definition) is 2. The van der Waals surface area contributed by atoms with Crippen LogP contribution in [0.2, 0.25) is 0 Å². The second-order valence-corrected chi connectivity index (χ2v) is 3.05. The molecule has 0 fully saturated rings. The van der Waals surface area contributed by atoms with Crippen molar-refractivity contribution in [2.75, 3.05) is 0 Å². The van der Waals surface area contributed by atoms with Gasteiger partial charge in [0.2, 0.25) is 0 Å². The highest BCUT2D eigenvalue weighted by Gasteiger charge is 2.07. The molecule has 0 radical (unpaired) electrons. The molecule has 68 valence electrons. The molecule has 0 aliphatic rings. The fourth-order valence-electron chi connectivity index (χ4n) is 1.13. The fraction of sp³-hybridized carbons (Fsp3) is 0.800. The van der Waals surface area contributed by atoms with E-state index in [9.17, 15) is 4.79 Å². The number of rotatable bonds is 6. The predicted octanol–water partition coefficient (Wildman–Crippen LogP) is 2.69. The minimum atomic E-state index is 0.0884. The van der Waals surface area contributed by atoms with Gasteiger partial charge in [0.05, 0.1) is 6.07 Å². The Labute approximate surface area is 74.6 Å². The summed E-state index contributed by atoms with van der Waals surface area (Å²) in [6.07, 6.45) is 3.88. The summed E-state index contributed by atoms with van der Waals surface area (Å²) < 4.78 is 0. The van der Waals surface area contributed by atoms with Crippen LogP contribution in [0, 0.1) is 17.2 Å². The van der Waals surface area contributed by atoms with Crippen LogP contribution in [-0.2, 0) is 4.79 Å². The summed E-state index contributed by atoms with van der Waals surface area (Å²) in [4.78, 5) is 10.9. The lowest BCUT2D eigenvalue weighted by molar-refractivity contribution is -0.118. The Balaban J connectivity index is 3.59. The van der Waals surface area contributed by atoms with Gasteiger partial charge in [-0.1, -0.05) is 20.3 Å². The van der Waals surface area contributed by atoms with Crippen LogP contribution in [0.4, 0.5) is 0 Å². The van der Waals surface area contributed by atoms with Gasteiger partial charge in [-0.05, 0) is 12.8 Å². The third kappa shape index (κ3) is 4.90. The average molecular weight is 167 g/mol. The van der Waals surface area contributed by atoms with Gasteiger partial charge in [0, 0.05) is 18.8 Å². The maximum Gasteiger partial charge on any atom is 0.132 e. The van der Waals surface area contributed by atoms with Gasteiger partial charge in [0.15, 0.2) is 0 Å². The smallest absolute Gasteiger partial charge is 0.132 e. The first-order valence-corrected chi connectivity index (χ1v) is 4.65. The summed E-state index contributed by atoms with van der Waals surface area (Å²) in [5.41, 5.74) is 0. The summed E-state index contributed by atoms with van der Waals surface area (Å²) in [6.45, 7) is 3.93. The summed E-state index contributed by atoms with van der Waals surface area (Å²) in [5.74, 6) is 0.358. The van der Waals surface area contributed by atoms with Crippen LogP contribution in [-0.4, -0.2) is 5.78 Å². The van der Waals surface area contributed by atoms with Crippen molar-refractivity contribution in [3.8, 4) is 6.07 Å². The van der Waals surface area contributed by atoms with Gasteiger partial charge >= 0.3 is 0 Å². The molecule has 0 aromatic rings. The zero-order valence-corrected chi connectivity index (χ0v) is 7.97. The predicted molar refractivity (Wildman–Crippen MR) is 48.5 cm³/mol. The van der Waals surface area contributed by atoms with Crippen LogP contribution in [0.5, 0.6) is 0 Å². The first-order valence-electron chi connectivity index (χ1n) is 4.65. The SMILES string of the molecule is CCCC(C#N)CCC(=O)CC. The maximum absolute atomic E-state index is 10.9. The van der Waals surface area contributed by atoms with E-state index >= 15 is 0 Å². The Morgan fingerprint density at radius 2 is 2.08 bits per heavy atom. The Hall–Kier alpha value is -0.840. The third-order valence-corrected chi connectivity index (χ3v) is 1.99. The standard InChI is InChI=1S/C10H17NO/c1-3-5-9(8-11)6-7-10(12)4-2/h9H,3-7H2,1-2H3. The number of nitrogens with zero attached hydrogens (tertiary/aromatic N) is 1. The number of carbonyl (C=O) groups is 1. The van der Waals surface area contributed by atoms with Gasteiger partial charge in [-0.15, -0.1) is 0 Å². The molecule has 0 N–H and O–H groups in total. The van der Waals surface area contributed by atoms with Gasteiger partial charge in [-0.25, -0.2) is 0 Å². The topological polar surface area (TPSA) is 40.9 Å². The summed E-state index contributed by atoms with van der Waals surface area (Å²) in [6, 6.07) is 2.23. The fourth-order valence-corrected chi connectivity index (χ4v) is 1.13. The molecule has 0 amide bonds. The molecule has 0 saturated carbocycles. The Kier molecular flexibility index (Phi) is 6.37. The van der Waals surface area contributed by atoms with Gasteiger partial charge in [0.25, 0.3) is 0 Å². The third-order valence-electron chi connectivity index (χ3n) is 1.99. The van der Waals surface area contributed by atoms with Crippen LogP contribution < -0.4 is 0 Å². The number of carbonyl (C=O) groups excluding carboxylic acids is 1. The van der Waals surface area contributed by atoms with E-state index in [-0.39, 0.29) is 11.7 Å². The van der Waals surface area contributed by atoms with Crippen molar-refractivity contribution in [1.29, 1.82) is 5.26 Å². The van der Waals surface area contributed by atoms with Crippen molar-refractivity contribution in [3.05, 3.63) is 0 Å². The molecule has 0 aromatic carbocycles. The number of hydrogen-bond donors (Lipinski definition) is 0. The minimum absolute atomic E-state index is 0.0884. The quantitative estimate of drug-likeness (QED) is 0.610. The molecule has 12 heavy (non-hydrogen) atoms. The van der Waals surface area contributed by atoms with E-state index in [1.54, 1.807) is 0 Å². The van der Waals surface area contributed by atoms with Gasteiger partial charge < -0.3 is 0 Å². The summed E-state index contributed by atoms with van der Waals surface area (Å²) in [5, 5.41) is 8.68. The molecule has 1 unspecified atom stereocenters. The van der Waals surface area contributed by atoms with Crippen molar-refractivity contribution >= 4 is 5.78 Å². The number of ketones is 1. The van der Waals surface area contributed by atoms with E-state index in [0.717, 1.165) is 19.3 Å². The molecular weight excluding hydrogens is 150 g/mol. The van der Waals surface area contributed by atoms with Crippen molar-refractivity contribution < 1.29 is 4.79 Å². The van der Waals surface area contributed by atoms with Gasteiger partial charge in [-0.2, -0.15) is 5.26 Å². The highest BCUT2D eigenvalue weighted by atomic mass is 16.1. The molecular formula is C10H17NO. The summed E-state index contributed by atoms with van der Waals surface area (Å²) in [7, 11) is 0. The van der Waals surface area contributed by atoms with Crippen LogP contribution in [0.25, 0.3) is 0 Å². The molecule has 0 aromatic heterocycles. The summed E-state index contributed by atoms with van der Waals surface area (Å²) >= 11 is 0. The van der Waals surface area contributed by atoms with Crippen molar-refractivity contribution in [3.63, 3.8) is 0 Å². The lowest BCUT2D eigenvalue weighted by Crippen LogP contribution is -2.02. The molecule has 0 aliphatic carbocycles. The average Bonchev–Trinajstić information content (AvgIpc) is 2.11. The minimum Gasteiger partial charge on any atom is -0.300 e. The van der Waals surface area contributed by atoms with E-state index in [1.165, 1.54) is 0 Å². The van der Waals surface area contributed by atoms with E-state index in [4.69, 9.17) is 5.26 Å². The van der Waals surface area contributed by atoms with Crippen LogP contribution in [0.15, 0.2) is 0 Å². The van der Waals surface area contributed by atoms with E-state index in [2.05, 4.69) is 13.0 Å². The second-order valence-electron chi connectivity index (χ2n) is 3.05. The highest BCUT2D eigenvalue weighted by Crippen LogP contribution is 2.12. The molecule has 0 spiro atoms. The van der Waals surface area contributed by atoms with E-state index in [1.807, 2.05) is 6.92 Å². The van der Waals surface area contributed by atoms with Crippen molar-refractivity contribution in [2.45, 2.75) is 46.0 Å². The molecule has 0 rings (SSSR count). The van der Waals surface area contributed by atoms with Crippen LogP contribution in [0.3, 0.4) is 0 Å². The molecule has 2 nitrogen and oxygen atoms in total. The molecule has 1 atom stereocenters. The van der Waals surface area contributed by atoms with Crippen LogP contribution >= 0.6 is 0 Å². The first kappa shape index (κ1) is 11.2. The largest absolute Gasteiger partial charge is 0.300 e. The van der Waals surface area contributed by atoms with E-state index < -0.39 is 0 Å². The Morgan fingerprint density at radius 1 is 1.42 bits per heavy atom. The zero-order valence-electron chi connectivity index (χ0n) is 7.97. The lowest BCUT2D eigenvalue weighted by atomic mass is 9.98. The Bertz CT molecular complexity index is 169. The first-order chi connectivity index (χ1) is 5.74. The van der Waals surface area contributed by atoms with Gasteiger partial charge in [-0.3, -0.25) is 4.79 Å². The van der Waals surface area contributed by atoms with Crippen LogP contribution in [0.1, 0.15) is 46.0 Å². The highest BCUT2D eigenvalue weighted by molar-refractivity contribution is 5.77. The van der Waals surface area contributed by atoms with Gasteiger partial charge in [0.1, 0.15) is 5.78 Å². The monoisotopic (exact) mass is 167 g/mol. The zero-order chi connectivity index (χ0) is 9.40. The lowest BCUT2D eigenvalue weighted by Gasteiger charge is -2.04. The molecule has 0 saturated heterocycles. The van der Waals surface area contributed by atoms with Crippen molar-refractivity contribution in [2.24, 2.45) is 5.92 Å². The maximum atomic E-state index is 10.9. The number of Topliss-reactive ketones (excluding diaryl/α,β-unsaturated/α-hetero) is 1. The van der Waals surface area contributed by atoms with Crippen molar-refractivity contribution in [1.82, 2.24) is 0 Å². The molecule has 0 bridgehead atoms. The Morgan fingerprint density at radius 3 is 2.50 bits per heavy atom. The number of nitriles is 1. The molecule has 2 heteroatoms.